The van der Waals surface area contributed by atoms with Crippen LogP contribution in [0.2, 0.25) is 0 Å². The number of carbonyl (C=O) groups is 2. The first-order valence-electron chi connectivity index (χ1n) is 5.87. The van der Waals surface area contributed by atoms with E-state index in [4.69, 9.17) is 10.2 Å². The maximum Gasteiger partial charge on any atom is 0.326 e. The predicted octanol–water partition coefficient (Wildman–Crippen LogP) is 0.608. The molecule has 0 aliphatic heterocycles. The third-order valence-corrected chi connectivity index (χ3v) is 2.72. The van der Waals surface area contributed by atoms with Crippen molar-refractivity contribution in [2.75, 3.05) is 6.61 Å². The Morgan fingerprint density at radius 2 is 2.10 bits per heavy atom. The number of nitrogens with zero attached hydrogens (tertiary/aromatic N) is 1. The summed E-state index contributed by atoms with van der Waals surface area (Å²) in [5.74, 6) is -3.47. The highest BCUT2D eigenvalue weighted by Gasteiger charge is 2.24. The summed E-state index contributed by atoms with van der Waals surface area (Å²) >= 11 is 0. The molecule has 1 aromatic rings. The van der Waals surface area contributed by atoms with Crippen molar-refractivity contribution in [3.63, 3.8) is 0 Å². The van der Waals surface area contributed by atoms with Crippen LogP contribution >= 0.6 is 0 Å². The Morgan fingerprint density at radius 1 is 1.48 bits per heavy atom. The fourth-order valence-electron chi connectivity index (χ4n) is 1.64. The maximum absolute atomic E-state index is 13.9. The molecule has 1 rings (SSSR count). The highest BCUT2D eigenvalue weighted by atomic mass is 19.1. The van der Waals surface area contributed by atoms with Crippen LogP contribution in [0.4, 0.5) is 10.1 Å². The molecule has 114 valence electrons. The molecule has 0 aliphatic rings. The lowest BCUT2D eigenvalue weighted by Gasteiger charge is -2.14. The standard InChI is InChI=1S/C12H13FN2O6/c1-6-4-7(15(20)21)5-8(10(6)13)11(17)14-9(2-3-16)12(18)19/h4-5,9,16H,2-3H2,1H3,(H,14,17)(H,18,19)/t9-/m1/s1. The van der Waals surface area contributed by atoms with Crippen LogP contribution in [0.15, 0.2) is 12.1 Å². The Morgan fingerprint density at radius 3 is 2.57 bits per heavy atom. The first-order chi connectivity index (χ1) is 9.77. The lowest BCUT2D eigenvalue weighted by molar-refractivity contribution is -0.385. The van der Waals surface area contributed by atoms with E-state index in [0.29, 0.717) is 0 Å². The van der Waals surface area contributed by atoms with Crippen LogP contribution in [0.25, 0.3) is 0 Å². The number of carbonyl (C=O) groups excluding carboxylic acids is 1. The number of non-ortho nitro benzene ring substituents is 1. The first-order valence-corrected chi connectivity index (χ1v) is 5.87. The minimum absolute atomic E-state index is 0.108. The SMILES string of the molecule is Cc1cc([N+](=O)[O-])cc(C(=O)N[C@H](CCO)C(=O)O)c1F. The zero-order valence-corrected chi connectivity index (χ0v) is 11.0. The van der Waals surface area contributed by atoms with E-state index in [1.807, 2.05) is 5.32 Å². The van der Waals surface area contributed by atoms with Gasteiger partial charge in [0.25, 0.3) is 11.6 Å². The zero-order chi connectivity index (χ0) is 16.2. The van der Waals surface area contributed by atoms with Gasteiger partial charge in [-0.1, -0.05) is 0 Å². The van der Waals surface area contributed by atoms with Gasteiger partial charge in [-0.25, -0.2) is 9.18 Å². The third-order valence-electron chi connectivity index (χ3n) is 2.72. The smallest absolute Gasteiger partial charge is 0.326 e. The quantitative estimate of drug-likeness (QED) is 0.521. The molecule has 0 fully saturated rings. The number of hydrogen-bond donors (Lipinski definition) is 3. The number of hydrogen-bond acceptors (Lipinski definition) is 5. The minimum Gasteiger partial charge on any atom is -0.480 e. The number of aliphatic carboxylic acids is 1. The number of amides is 1. The van der Waals surface area contributed by atoms with Crippen molar-refractivity contribution in [1.82, 2.24) is 5.32 Å². The number of nitro benzene ring substituents is 1. The second-order valence-corrected chi connectivity index (χ2v) is 4.26. The molecule has 0 heterocycles. The molecule has 21 heavy (non-hydrogen) atoms. The molecule has 0 aliphatic carbocycles. The van der Waals surface area contributed by atoms with Crippen LogP contribution in [0.1, 0.15) is 22.3 Å². The topological polar surface area (TPSA) is 130 Å². The fourth-order valence-corrected chi connectivity index (χ4v) is 1.64. The van der Waals surface area contributed by atoms with E-state index < -0.39 is 46.5 Å². The Kier molecular flexibility index (Phi) is 5.30. The highest BCUT2D eigenvalue weighted by Crippen LogP contribution is 2.21. The summed E-state index contributed by atoms with van der Waals surface area (Å²) < 4.78 is 13.9. The van der Waals surface area contributed by atoms with Crippen LogP contribution in [-0.4, -0.2) is 39.7 Å². The summed E-state index contributed by atoms with van der Waals surface area (Å²) in [4.78, 5) is 32.6. The van der Waals surface area contributed by atoms with Crippen LogP contribution in [0, 0.1) is 22.9 Å². The van der Waals surface area contributed by atoms with Gasteiger partial charge in [0, 0.05) is 25.2 Å². The number of benzene rings is 1. The van der Waals surface area contributed by atoms with Gasteiger partial charge in [0.15, 0.2) is 0 Å². The summed E-state index contributed by atoms with van der Waals surface area (Å²) in [5, 5.41) is 30.2. The van der Waals surface area contributed by atoms with E-state index in [9.17, 15) is 24.1 Å². The van der Waals surface area contributed by atoms with Crippen LogP contribution in [0.3, 0.4) is 0 Å². The van der Waals surface area contributed by atoms with E-state index in [0.717, 1.165) is 12.1 Å². The summed E-state index contributed by atoms with van der Waals surface area (Å²) in [6.07, 6.45) is -0.267. The van der Waals surface area contributed by atoms with Gasteiger partial charge in [0.1, 0.15) is 11.9 Å². The largest absolute Gasteiger partial charge is 0.480 e. The number of nitrogens with one attached hydrogen (secondary N) is 1. The summed E-state index contributed by atoms with van der Waals surface area (Å²) in [5.41, 5.74) is -1.21. The molecule has 1 amide bonds. The Labute approximate surface area is 118 Å². The van der Waals surface area contributed by atoms with Gasteiger partial charge >= 0.3 is 5.97 Å². The molecule has 1 aromatic carbocycles. The fraction of sp³-hybridized carbons (Fsp3) is 0.333. The summed E-state index contributed by atoms with van der Waals surface area (Å²) in [6.45, 7) is 0.759. The molecule has 0 unspecified atom stereocenters. The number of rotatable bonds is 6. The number of halogens is 1. The molecule has 3 N–H and O–H groups in total. The molecule has 1 atom stereocenters. The van der Waals surface area contributed by atoms with E-state index in [-0.39, 0.29) is 12.0 Å². The third kappa shape index (κ3) is 3.96. The molecule has 9 heteroatoms. The Balaban J connectivity index is 3.11. The van der Waals surface area contributed by atoms with Gasteiger partial charge in [-0.05, 0) is 12.5 Å². The minimum atomic E-state index is -1.42. The first kappa shape index (κ1) is 16.5. The van der Waals surface area contributed by atoms with Gasteiger partial charge in [-0.3, -0.25) is 14.9 Å². The van der Waals surface area contributed by atoms with Crippen LogP contribution in [0.5, 0.6) is 0 Å². The lowest BCUT2D eigenvalue weighted by atomic mass is 10.1. The number of aryl methyl sites for hydroxylation is 1. The average Bonchev–Trinajstić information content (AvgIpc) is 2.40. The highest BCUT2D eigenvalue weighted by molar-refractivity contribution is 5.97. The Bertz CT molecular complexity index is 589. The molecule has 0 bridgehead atoms. The van der Waals surface area contributed by atoms with Gasteiger partial charge in [-0.2, -0.15) is 0 Å². The van der Waals surface area contributed by atoms with Crippen molar-refractivity contribution < 1.29 is 29.1 Å². The monoisotopic (exact) mass is 300 g/mol. The van der Waals surface area contributed by atoms with Gasteiger partial charge in [0.2, 0.25) is 0 Å². The van der Waals surface area contributed by atoms with Gasteiger partial charge in [0.05, 0.1) is 10.5 Å². The molecule has 0 saturated heterocycles. The van der Waals surface area contributed by atoms with Crippen molar-refractivity contribution in [3.05, 3.63) is 39.2 Å². The van der Waals surface area contributed by atoms with Crippen LogP contribution < -0.4 is 5.32 Å². The average molecular weight is 300 g/mol. The van der Waals surface area contributed by atoms with Gasteiger partial charge in [-0.15, -0.1) is 0 Å². The second-order valence-electron chi connectivity index (χ2n) is 4.26. The van der Waals surface area contributed by atoms with Crippen molar-refractivity contribution in [3.8, 4) is 0 Å². The van der Waals surface area contributed by atoms with E-state index >= 15 is 0 Å². The van der Waals surface area contributed by atoms with Crippen LogP contribution in [-0.2, 0) is 4.79 Å². The Hall–Kier alpha value is -2.55. The molecular weight excluding hydrogens is 287 g/mol. The van der Waals surface area contributed by atoms with E-state index in [2.05, 4.69) is 0 Å². The van der Waals surface area contributed by atoms with Crippen molar-refractivity contribution in [2.24, 2.45) is 0 Å². The summed E-state index contributed by atoms with van der Waals surface area (Å²) in [7, 11) is 0. The number of nitro groups is 1. The van der Waals surface area contributed by atoms with E-state index in [1.54, 1.807) is 0 Å². The van der Waals surface area contributed by atoms with Crippen molar-refractivity contribution >= 4 is 17.6 Å². The number of carboxylic acid groups (broad SMARTS) is 1. The van der Waals surface area contributed by atoms with E-state index in [1.165, 1.54) is 6.92 Å². The number of carboxylic acids is 1. The normalized spacial score (nSPS) is 11.8. The number of aliphatic hydroxyl groups excluding tert-OH is 1. The number of aliphatic hydroxyl groups is 1. The second kappa shape index (κ2) is 6.75. The molecule has 0 saturated carbocycles. The molecule has 0 aromatic heterocycles. The molecular formula is C12H13FN2O6. The zero-order valence-electron chi connectivity index (χ0n) is 11.0. The lowest BCUT2D eigenvalue weighted by Crippen LogP contribution is -2.41. The maximum atomic E-state index is 13.9. The molecule has 0 spiro atoms. The predicted molar refractivity (Wildman–Crippen MR) is 68.4 cm³/mol. The molecule has 0 radical (unpaired) electrons. The van der Waals surface area contributed by atoms with Crippen molar-refractivity contribution in [1.29, 1.82) is 0 Å². The molecule has 8 nitrogen and oxygen atoms in total. The van der Waals surface area contributed by atoms with Gasteiger partial charge < -0.3 is 15.5 Å². The van der Waals surface area contributed by atoms with Crippen molar-refractivity contribution in [2.45, 2.75) is 19.4 Å². The summed E-state index contributed by atoms with van der Waals surface area (Å²) in [6, 6.07) is 0.283.